The molecular formula is C14H28O4. The maximum absolute atomic E-state index is 11.1. The molecule has 4 nitrogen and oxygen atoms in total. The zero-order chi connectivity index (χ0) is 12.7. The number of ether oxygens (including phenoxy) is 1. The minimum Gasteiger partial charge on any atom is -0.462 e. The second kappa shape index (κ2) is 9.34. The fourth-order valence-corrected chi connectivity index (χ4v) is 2.21. The summed E-state index contributed by atoms with van der Waals surface area (Å²) < 4.78 is 5.23. The number of hydrogen-bond acceptors (Lipinski definition) is 3. The topological polar surface area (TPSA) is 78.0 Å². The number of aliphatic hydroxyl groups is 1. The molecule has 0 aromatic rings. The quantitative estimate of drug-likeness (QED) is 0.773. The van der Waals surface area contributed by atoms with Gasteiger partial charge in [-0.1, -0.05) is 26.7 Å². The summed E-state index contributed by atoms with van der Waals surface area (Å²) >= 11 is 0. The number of carbonyl (C=O) groups excluding carboxylic acids is 1. The zero-order valence-corrected chi connectivity index (χ0v) is 11.7. The van der Waals surface area contributed by atoms with Crippen LogP contribution in [0.5, 0.6) is 0 Å². The molecule has 0 bridgehead atoms. The zero-order valence-electron chi connectivity index (χ0n) is 11.7. The van der Waals surface area contributed by atoms with Gasteiger partial charge in [0, 0.05) is 0 Å². The molecule has 18 heavy (non-hydrogen) atoms. The van der Waals surface area contributed by atoms with Crippen LogP contribution in [0.4, 0.5) is 0 Å². The van der Waals surface area contributed by atoms with E-state index in [4.69, 9.17) is 9.84 Å². The van der Waals surface area contributed by atoms with Gasteiger partial charge in [0.05, 0.1) is 12.0 Å². The van der Waals surface area contributed by atoms with Crippen LogP contribution in [0.2, 0.25) is 0 Å². The van der Waals surface area contributed by atoms with E-state index >= 15 is 0 Å². The Balaban J connectivity index is 0.000000352. The Morgan fingerprint density at radius 1 is 1.06 bits per heavy atom. The third-order valence-electron chi connectivity index (χ3n) is 3.38. The highest BCUT2D eigenvalue weighted by Crippen LogP contribution is 2.21. The Morgan fingerprint density at radius 2 is 1.50 bits per heavy atom. The van der Waals surface area contributed by atoms with Crippen molar-refractivity contribution in [2.24, 2.45) is 5.92 Å². The highest BCUT2D eigenvalue weighted by molar-refractivity contribution is 5.71. The van der Waals surface area contributed by atoms with E-state index in [1.807, 2.05) is 13.8 Å². The van der Waals surface area contributed by atoms with Crippen LogP contribution in [0.15, 0.2) is 0 Å². The van der Waals surface area contributed by atoms with Gasteiger partial charge in [-0.2, -0.15) is 0 Å². The lowest BCUT2D eigenvalue weighted by molar-refractivity contribution is -0.152. The summed E-state index contributed by atoms with van der Waals surface area (Å²) in [6.45, 7) is 3.74. The van der Waals surface area contributed by atoms with E-state index in [9.17, 15) is 4.79 Å². The lowest BCUT2D eigenvalue weighted by Gasteiger charge is -2.12. The highest BCUT2D eigenvalue weighted by atomic mass is 16.5. The van der Waals surface area contributed by atoms with E-state index in [1.165, 1.54) is 25.7 Å². The minimum atomic E-state index is -0.0445. The summed E-state index contributed by atoms with van der Waals surface area (Å²) in [5.41, 5.74) is 0. The standard InChI is InChI=1S/C9H16O2.C5H10O.H2O/c1-7(2)9(10)11-8-5-3-4-6-8;6-5-3-1-2-4-5;/h7-8H,3-6H2,1-2H3;5-6H,1-4H2;1H2. The summed E-state index contributed by atoms with van der Waals surface area (Å²) in [5.74, 6) is -0.0208. The maximum atomic E-state index is 11.1. The van der Waals surface area contributed by atoms with Crippen molar-refractivity contribution >= 4 is 5.97 Å². The molecule has 0 unspecified atom stereocenters. The molecule has 0 aliphatic heterocycles. The minimum absolute atomic E-state index is 0. The summed E-state index contributed by atoms with van der Waals surface area (Å²) in [4.78, 5) is 11.1. The smallest absolute Gasteiger partial charge is 0.308 e. The Kier molecular flexibility index (Phi) is 9.02. The van der Waals surface area contributed by atoms with E-state index < -0.39 is 0 Å². The first-order valence-electron chi connectivity index (χ1n) is 6.98. The first kappa shape index (κ1) is 17.4. The summed E-state index contributed by atoms with van der Waals surface area (Å²) in [5, 5.41) is 8.73. The second-order valence-electron chi connectivity index (χ2n) is 5.44. The molecule has 0 spiro atoms. The van der Waals surface area contributed by atoms with Crippen LogP contribution in [-0.4, -0.2) is 28.8 Å². The summed E-state index contributed by atoms with van der Waals surface area (Å²) in [6, 6.07) is 0. The normalized spacial score (nSPS) is 20.2. The highest BCUT2D eigenvalue weighted by Gasteiger charge is 2.20. The van der Waals surface area contributed by atoms with E-state index in [0.717, 1.165) is 25.7 Å². The Bertz CT molecular complexity index is 216. The molecule has 0 saturated heterocycles. The van der Waals surface area contributed by atoms with Gasteiger partial charge in [0.2, 0.25) is 0 Å². The van der Waals surface area contributed by atoms with Crippen LogP contribution in [0.3, 0.4) is 0 Å². The summed E-state index contributed by atoms with van der Waals surface area (Å²) in [7, 11) is 0. The first-order valence-corrected chi connectivity index (χ1v) is 6.98. The van der Waals surface area contributed by atoms with Gasteiger partial charge in [-0.05, 0) is 38.5 Å². The van der Waals surface area contributed by atoms with Crippen LogP contribution in [-0.2, 0) is 9.53 Å². The van der Waals surface area contributed by atoms with Crippen molar-refractivity contribution in [1.29, 1.82) is 0 Å². The van der Waals surface area contributed by atoms with Gasteiger partial charge in [0.25, 0.3) is 0 Å². The van der Waals surface area contributed by atoms with Crippen molar-refractivity contribution in [1.82, 2.24) is 0 Å². The van der Waals surface area contributed by atoms with Crippen molar-refractivity contribution in [2.75, 3.05) is 0 Å². The van der Waals surface area contributed by atoms with Crippen LogP contribution < -0.4 is 0 Å². The van der Waals surface area contributed by atoms with Gasteiger partial charge in [-0.3, -0.25) is 4.79 Å². The Labute approximate surface area is 110 Å². The largest absolute Gasteiger partial charge is 0.462 e. The molecular weight excluding hydrogens is 232 g/mol. The average Bonchev–Trinajstić information content (AvgIpc) is 2.92. The molecule has 0 heterocycles. The van der Waals surface area contributed by atoms with Crippen molar-refractivity contribution < 1.29 is 20.1 Å². The van der Waals surface area contributed by atoms with Crippen LogP contribution in [0.25, 0.3) is 0 Å². The molecule has 0 amide bonds. The average molecular weight is 260 g/mol. The van der Waals surface area contributed by atoms with Crippen molar-refractivity contribution in [3.05, 3.63) is 0 Å². The number of rotatable bonds is 2. The Morgan fingerprint density at radius 3 is 1.83 bits per heavy atom. The van der Waals surface area contributed by atoms with Gasteiger partial charge in [0.1, 0.15) is 6.10 Å². The SMILES string of the molecule is CC(C)C(=O)OC1CCCC1.O.OC1CCCC1. The lowest BCUT2D eigenvalue weighted by Crippen LogP contribution is -2.18. The van der Waals surface area contributed by atoms with Gasteiger partial charge >= 0.3 is 5.97 Å². The fraction of sp³-hybridized carbons (Fsp3) is 0.929. The van der Waals surface area contributed by atoms with Crippen molar-refractivity contribution in [3.63, 3.8) is 0 Å². The first-order chi connectivity index (χ1) is 8.09. The monoisotopic (exact) mass is 260 g/mol. The maximum Gasteiger partial charge on any atom is 0.308 e. The van der Waals surface area contributed by atoms with Crippen LogP contribution in [0.1, 0.15) is 65.2 Å². The fourth-order valence-electron chi connectivity index (χ4n) is 2.21. The number of hydrogen-bond donors (Lipinski definition) is 1. The molecule has 0 aromatic carbocycles. The van der Waals surface area contributed by atoms with Gasteiger partial charge in [-0.25, -0.2) is 0 Å². The second-order valence-corrected chi connectivity index (χ2v) is 5.44. The molecule has 2 aliphatic rings. The van der Waals surface area contributed by atoms with E-state index in [2.05, 4.69) is 0 Å². The van der Waals surface area contributed by atoms with E-state index in [-0.39, 0.29) is 29.6 Å². The van der Waals surface area contributed by atoms with Gasteiger partial charge in [-0.15, -0.1) is 0 Å². The van der Waals surface area contributed by atoms with Crippen molar-refractivity contribution in [3.8, 4) is 0 Å². The number of esters is 1. The molecule has 0 radical (unpaired) electrons. The third kappa shape index (κ3) is 6.97. The molecule has 2 rings (SSSR count). The van der Waals surface area contributed by atoms with Crippen LogP contribution in [0, 0.1) is 5.92 Å². The lowest BCUT2D eigenvalue weighted by atomic mass is 10.2. The van der Waals surface area contributed by atoms with E-state index in [1.54, 1.807) is 0 Å². The number of aliphatic hydroxyl groups excluding tert-OH is 1. The molecule has 108 valence electrons. The third-order valence-corrected chi connectivity index (χ3v) is 3.38. The van der Waals surface area contributed by atoms with E-state index in [0.29, 0.717) is 0 Å². The summed E-state index contributed by atoms with van der Waals surface area (Å²) in [6.07, 6.45) is 9.40. The molecule has 2 aliphatic carbocycles. The molecule has 2 saturated carbocycles. The predicted octanol–water partition coefficient (Wildman–Crippen LogP) is 2.22. The molecule has 0 atom stereocenters. The molecule has 0 aromatic heterocycles. The molecule has 4 heteroatoms. The van der Waals surface area contributed by atoms with Crippen molar-refractivity contribution in [2.45, 2.75) is 77.4 Å². The van der Waals surface area contributed by atoms with Gasteiger partial charge < -0.3 is 15.3 Å². The molecule has 2 fully saturated rings. The predicted molar refractivity (Wildman–Crippen MR) is 71.3 cm³/mol. The number of carbonyl (C=O) groups is 1. The molecule has 3 N–H and O–H groups in total. The Hall–Kier alpha value is -0.610. The van der Waals surface area contributed by atoms with Gasteiger partial charge in [0.15, 0.2) is 0 Å². The van der Waals surface area contributed by atoms with Crippen LogP contribution >= 0.6 is 0 Å².